The molecule has 0 aliphatic carbocycles. The molecular formula is C13H22F3N5. The van der Waals surface area contributed by atoms with Gasteiger partial charge in [-0.15, -0.1) is 10.2 Å². The second-order valence-electron chi connectivity index (χ2n) is 5.40. The first kappa shape index (κ1) is 16.2. The summed E-state index contributed by atoms with van der Waals surface area (Å²) in [5, 5.41) is 10.2. The van der Waals surface area contributed by atoms with Crippen molar-refractivity contribution >= 4 is 0 Å². The zero-order chi connectivity index (χ0) is 15.5. The Labute approximate surface area is 122 Å². The number of hydrogen-bond donors (Lipinski definition) is 1. The highest BCUT2D eigenvalue weighted by atomic mass is 19.4. The van der Waals surface area contributed by atoms with Crippen LogP contribution in [0.25, 0.3) is 0 Å². The van der Waals surface area contributed by atoms with E-state index in [1.54, 1.807) is 0 Å². The smallest absolute Gasteiger partial charge is 0.317 e. The van der Waals surface area contributed by atoms with Gasteiger partial charge in [-0.05, 0) is 32.9 Å². The average Bonchev–Trinajstić information content (AvgIpc) is 2.86. The third kappa shape index (κ3) is 3.94. The highest BCUT2D eigenvalue weighted by Gasteiger charge is 2.39. The third-order valence-electron chi connectivity index (χ3n) is 4.01. The van der Waals surface area contributed by atoms with Gasteiger partial charge < -0.3 is 9.88 Å². The van der Waals surface area contributed by atoms with Gasteiger partial charge in [0.15, 0.2) is 0 Å². The summed E-state index contributed by atoms with van der Waals surface area (Å²) in [6, 6.07) is 0.510. The molecule has 1 atom stereocenters. The maximum atomic E-state index is 12.7. The van der Waals surface area contributed by atoms with E-state index in [0.717, 1.165) is 25.8 Å². The van der Waals surface area contributed by atoms with Crippen molar-refractivity contribution in [2.45, 2.75) is 51.5 Å². The molecule has 0 fully saturated rings. The number of fused-ring (bicyclic) bond motifs is 1. The van der Waals surface area contributed by atoms with Crippen molar-refractivity contribution < 1.29 is 13.2 Å². The highest BCUT2D eigenvalue weighted by Crippen LogP contribution is 2.29. The fraction of sp³-hybridized carbons (Fsp3) is 0.846. The SMILES string of the molecule is CCC(CCCN1CCn2c(nnc2C(F)(F)F)C1)NC. The number of rotatable bonds is 6. The predicted molar refractivity (Wildman–Crippen MR) is 72.7 cm³/mol. The van der Waals surface area contributed by atoms with Crippen LogP contribution in [0, 0.1) is 0 Å². The van der Waals surface area contributed by atoms with Crippen molar-refractivity contribution in [3.63, 3.8) is 0 Å². The van der Waals surface area contributed by atoms with Gasteiger partial charge in [0.2, 0.25) is 5.82 Å². The first-order valence-corrected chi connectivity index (χ1v) is 7.34. The van der Waals surface area contributed by atoms with Gasteiger partial charge in [0.25, 0.3) is 0 Å². The van der Waals surface area contributed by atoms with Crippen molar-refractivity contribution in [2.75, 3.05) is 20.1 Å². The fourth-order valence-corrected chi connectivity index (χ4v) is 2.72. The molecule has 0 saturated heterocycles. The second-order valence-corrected chi connectivity index (χ2v) is 5.40. The van der Waals surface area contributed by atoms with Gasteiger partial charge in [0, 0.05) is 19.1 Å². The minimum absolute atomic E-state index is 0.306. The topological polar surface area (TPSA) is 46.0 Å². The molecule has 2 rings (SSSR count). The Bertz CT molecular complexity index is 453. The molecular weight excluding hydrogens is 283 g/mol. The van der Waals surface area contributed by atoms with Gasteiger partial charge in [-0.3, -0.25) is 4.90 Å². The molecule has 8 heteroatoms. The fourth-order valence-electron chi connectivity index (χ4n) is 2.72. The summed E-state index contributed by atoms with van der Waals surface area (Å²) in [5.41, 5.74) is 0. The van der Waals surface area contributed by atoms with Crippen LogP contribution in [0.3, 0.4) is 0 Å². The normalized spacial score (nSPS) is 17.8. The van der Waals surface area contributed by atoms with Gasteiger partial charge in [-0.1, -0.05) is 6.92 Å². The van der Waals surface area contributed by atoms with Crippen LogP contribution in [0.4, 0.5) is 13.2 Å². The van der Waals surface area contributed by atoms with E-state index >= 15 is 0 Å². The molecule has 0 bridgehead atoms. The maximum absolute atomic E-state index is 12.7. The standard InChI is InChI=1S/C13H22F3N5/c1-3-10(17-2)5-4-6-20-7-8-21-11(9-20)18-19-12(21)13(14,15)16/h10,17H,3-9H2,1-2H3. The van der Waals surface area contributed by atoms with Crippen LogP contribution in [0.15, 0.2) is 0 Å². The first-order valence-electron chi connectivity index (χ1n) is 7.34. The maximum Gasteiger partial charge on any atom is 0.451 e. The minimum Gasteiger partial charge on any atom is -0.317 e. The van der Waals surface area contributed by atoms with E-state index in [-0.39, 0.29) is 0 Å². The van der Waals surface area contributed by atoms with Crippen molar-refractivity contribution in [1.82, 2.24) is 25.0 Å². The molecule has 5 nitrogen and oxygen atoms in total. The number of nitrogens with zero attached hydrogens (tertiary/aromatic N) is 4. The summed E-state index contributed by atoms with van der Waals surface area (Å²) in [7, 11) is 1.95. The van der Waals surface area contributed by atoms with Crippen LogP contribution in [-0.2, 0) is 19.3 Å². The van der Waals surface area contributed by atoms with E-state index < -0.39 is 12.0 Å². The van der Waals surface area contributed by atoms with E-state index in [1.165, 1.54) is 4.57 Å². The second kappa shape index (κ2) is 6.74. The molecule has 1 N–H and O–H groups in total. The third-order valence-corrected chi connectivity index (χ3v) is 4.01. The molecule has 2 heterocycles. The van der Waals surface area contributed by atoms with Gasteiger partial charge in [-0.25, -0.2) is 0 Å². The van der Waals surface area contributed by atoms with Crippen LogP contribution >= 0.6 is 0 Å². The van der Waals surface area contributed by atoms with Crippen LogP contribution in [-0.4, -0.2) is 45.8 Å². The van der Waals surface area contributed by atoms with Crippen LogP contribution < -0.4 is 5.32 Å². The molecule has 0 spiro atoms. The molecule has 0 aromatic carbocycles. The molecule has 0 saturated carbocycles. The van der Waals surface area contributed by atoms with Gasteiger partial charge in [0.05, 0.1) is 6.54 Å². The number of aromatic nitrogens is 3. The summed E-state index contributed by atoms with van der Waals surface area (Å²) in [4.78, 5) is 2.15. The zero-order valence-electron chi connectivity index (χ0n) is 12.4. The number of halogens is 3. The van der Waals surface area contributed by atoms with Crippen molar-refractivity contribution in [3.05, 3.63) is 11.6 Å². The lowest BCUT2D eigenvalue weighted by Gasteiger charge is -2.28. The summed E-state index contributed by atoms with van der Waals surface area (Å²) in [5.74, 6) is -0.465. The van der Waals surface area contributed by atoms with Crippen molar-refractivity contribution in [3.8, 4) is 0 Å². The van der Waals surface area contributed by atoms with Crippen LogP contribution in [0.5, 0.6) is 0 Å². The molecule has 1 unspecified atom stereocenters. The van der Waals surface area contributed by atoms with Gasteiger partial charge >= 0.3 is 6.18 Å². The summed E-state index contributed by atoms with van der Waals surface area (Å²) in [6.45, 7) is 4.39. The Morgan fingerprint density at radius 1 is 1.29 bits per heavy atom. The number of hydrogen-bond acceptors (Lipinski definition) is 4. The Kier molecular flexibility index (Phi) is 5.21. The average molecular weight is 305 g/mol. The largest absolute Gasteiger partial charge is 0.451 e. The summed E-state index contributed by atoms with van der Waals surface area (Å²) >= 11 is 0. The van der Waals surface area contributed by atoms with Crippen LogP contribution in [0.2, 0.25) is 0 Å². The number of alkyl halides is 3. The lowest BCUT2D eigenvalue weighted by molar-refractivity contribution is -0.148. The van der Waals surface area contributed by atoms with Crippen LogP contribution in [0.1, 0.15) is 37.8 Å². The predicted octanol–water partition coefficient (Wildman–Crippen LogP) is 1.89. The lowest BCUT2D eigenvalue weighted by Crippen LogP contribution is -2.36. The lowest BCUT2D eigenvalue weighted by atomic mass is 10.1. The van der Waals surface area contributed by atoms with Crippen molar-refractivity contribution in [2.24, 2.45) is 0 Å². The van der Waals surface area contributed by atoms with E-state index in [0.29, 0.717) is 31.5 Å². The van der Waals surface area contributed by atoms with Gasteiger partial charge in [-0.2, -0.15) is 13.2 Å². The van der Waals surface area contributed by atoms with Gasteiger partial charge in [0.1, 0.15) is 5.82 Å². The van der Waals surface area contributed by atoms with E-state index in [2.05, 4.69) is 27.3 Å². The summed E-state index contributed by atoms with van der Waals surface area (Å²) in [6.07, 6.45) is -1.24. The monoisotopic (exact) mass is 305 g/mol. The molecule has 1 aliphatic rings. The molecule has 0 radical (unpaired) electrons. The molecule has 21 heavy (non-hydrogen) atoms. The zero-order valence-corrected chi connectivity index (χ0v) is 12.4. The molecule has 1 aromatic heterocycles. The Morgan fingerprint density at radius 3 is 2.67 bits per heavy atom. The summed E-state index contributed by atoms with van der Waals surface area (Å²) < 4.78 is 39.4. The van der Waals surface area contributed by atoms with Crippen molar-refractivity contribution in [1.29, 1.82) is 0 Å². The molecule has 0 amide bonds. The Hall–Kier alpha value is -1.15. The Balaban J connectivity index is 1.88. The van der Waals surface area contributed by atoms with E-state index in [4.69, 9.17) is 0 Å². The quantitative estimate of drug-likeness (QED) is 0.872. The molecule has 120 valence electrons. The van der Waals surface area contributed by atoms with E-state index in [1.807, 2.05) is 7.05 Å². The number of nitrogens with one attached hydrogen (secondary N) is 1. The first-order chi connectivity index (χ1) is 9.95. The molecule has 1 aliphatic heterocycles. The Morgan fingerprint density at radius 2 is 2.05 bits per heavy atom. The van der Waals surface area contributed by atoms with E-state index in [9.17, 15) is 13.2 Å². The molecule has 1 aromatic rings. The highest BCUT2D eigenvalue weighted by molar-refractivity contribution is 5.02. The minimum atomic E-state index is -4.42.